The summed E-state index contributed by atoms with van der Waals surface area (Å²) in [6, 6.07) is 6.62. The molecule has 0 radical (unpaired) electrons. The third-order valence-electron chi connectivity index (χ3n) is 2.35. The van der Waals surface area contributed by atoms with E-state index in [2.05, 4.69) is 0 Å². The van der Waals surface area contributed by atoms with Crippen LogP contribution in [0.25, 0.3) is 0 Å². The number of hydrogen-bond acceptors (Lipinski definition) is 3. The molecule has 0 bridgehead atoms. The first-order chi connectivity index (χ1) is 6.81. The van der Waals surface area contributed by atoms with Crippen LogP contribution in [0.1, 0.15) is 12.5 Å². The first kappa shape index (κ1) is 11.7. The topological polar surface area (TPSA) is 57.9 Å². The lowest BCUT2D eigenvalue weighted by atomic mass is 10.0. The molecular weight excluding hydrogens is 217 g/mol. The van der Waals surface area contributed by atoms with Gasteiger partial charge in [0.2, 0.25) is 0 Å². The van der Waals surface area contributed by atoms with Crippen molar-refractivity contribution in [2.45, 2.75) is 11.7 Å². The molecule has 0 unspecified atom stereocenters. The number of nitriles is 1. The lowest BCUT2D eigenvalue weighted by molar-refractivity contribution is 0.576. The zero-order valence-corrected chi connectivity index (χ0v) is 9.18. The van der Waals surface area contributed by atoms with Crippen molar-refractivity contribution in [3.8, 4) is 6.07 Å². The molecule has 0 aliphatic heterocycles. The Hall–Kier alpha value is -1.41. The van der Waals surface area contributed by atoms with Crippen molar-refractivity contribution in [2.24, 2.45) is 0 Å². The summed E-state index contributed by atoms with van der Waals surface area (Å²) in [5.41, 5.74) is 0.272. The Morgan fingerprint density at radius 2 is 1.80 bits per heavy atom. The van der Waals surface area contributed by atoms with Crippen LogP contribution in [0.3, 0.4) is 0 Å². The standard InChI is InChI=1S/C10H10FNO2S/c1-10(7-12,15(2,13)14)8-3-5-9(11)6-4-8/h3-6H,1-2H3/t10-/m1/s1. The van der Waals surface area contributed by atoms with Gasteiger partial charge in [-0.1, -0.05) is 12.1 Å². The number of hydrogen-bond donors (Lipinski definition) is 0. The van der Waals surface area contributed by atoms with Gasteiger partial charge in [-0.15, -0.1) is 0 Å². The van der Waals surface area contributed by atoms with Crippen molar-refractivity contribution in [1.29, 1.82) is 5.26 Å². The van der Waals surface area contributed by atoms with E-state index in [0.29, 0.717) is 0 Å². The molecule has 80 valence electrons. The second-order valence-corrected chi connectivity index (χ2v) is 5.78. The van der Waals surface area contributed by atoms with Crippen molar-refractivity contribution < 1.29 is 12.8 Å². The normalized spacial score (nSPS) is 15.3. The van der Waals surface area contributed by atoms with Gasteiger partial charge in [-0.25, -0.2) is 12.8 Å². The highest BCUT2D eigenvalue weighted by atomic mass is 32.2. The van der Waals surface area contributed by atoms with Crippen LogP contribution in [0, 0.1) is 17.1 Å². The maximum Gasteiger partial charge on any atom is 0.180 e. The predicted octanol–water partition coefficient (Wildman–Crippen LogP) is 1.61. The van der Waals surface area contributed by atoms with Gasteiger partial charge in [-0.3, -0.25) is 0 Å². The molecular formula is C10H10FNO2S. The molecule has 0 aliphatic rings. The van der Waals surface area contributed by atoms with E-state index in [1.807, 2.05) is 0 Å². The third kappa shape index (κ3) is 2.00. The zero-order chi connectivity index (χ0) is 11.7. The van der Waals surface area contributed by atoms with Gasteiger partial charge in [0.1, 0.15) is 5.82 Å². The third-order valence-corrected chi connectivity index (χ3v) is 4.16. The predicted molar refractivity (Wildman–Crippen MR) is 54.2 cm³/mol. The van der Waals surface area contributed by atoms with E-state index in [4.69, 9.17) is 5.26 Å². The number of benzene rings is 1. The second kappa shape index (κ2) is 3.63. The van der Waals surface area contributed by atoms with E-state index in [-0.39, 0.29) is 5.56 Å². The summed E-state index contributed by atoms with van der Waals surface area (Å²) in [5, 5.41) is 8.92. The number of sulfone groups is 1. The Bertz CT molecular complexity index is 501. The Labute approximate surface area is 88.1 Å². The van der Waals surface area contributed by atoms with Crippen molar-refractivity contribution in [3.05, 3.63) is 35.6 Å². The summed E-state index contributed by atoms with van der Waals surface area (Å²) in [6.07, 6.45) is 0.986. The van der Waals surface area contributed by atoms with Gasteiger partial charge in [0.25, 0.3) is 0 Å². The number of nitrogens with zero attached hydrogens (tertiary/aromatic N) is 1. The van der Waals surface area contributed by atoms with E-state index >= 15 is 0 Å². The molecule has 1 rings (SSSR count). The smallest absolute Gasteiger partial charge is 0.180 e. The van der Waals surface area contributed by atoms with E-state index in [0.717, 1.165) is 18.4 Å². The molecule has 0 spiro atoms. The van der Waals surface area contributed by atoms with Crippen LogP contribution in [0.2, 0.25) is 0 Å². The van der Waals surface area contributed by atoms with Crippen LogP contribution in [-0.2, 0) is 14.6 Å². The number of halogens is 1. The average Bonchev–Trinajstić information content (AvgIpc) is 2.16. The SMILES string of the molecule is C[C@@](C#N)(c1ccc(F)cc1)S(C)(=O)=O. The molecule has 0 aliphatic carbocycles. The van der Waals surface area contributed by atoms with Crippen LogP contribution in [-0.4, -0.2) is 14.7 Å². The maximum atomic E-state index is 12.6. The maximum absolute atomic E-state index is 12.6. The van der Waals surface area contributed by atoms with Crippen molar-refractivity contribution in [3.63, 3.8) is 0 Å². The Kier molecular flexibility index (Phi) is 2.82. The molecule has 3 nitrogen and oxygen atoms in total. The molecule has 1 aromatic carbocycles. The van der Waals surface area contributed by atoms with Crippen LogP contribution < -0.4 is 0 Å². The molecule has 0 N–H and O–H groups in total. The first-order valence-corrected chi connectivity index (χ1v) is 6.07. The minimum atomic E-state index is -3.56. The van der Waals surface area contributed by atoms with Crippen molar-refractivity contribution in [2.75, 3.05) is 6.26 Å². The van der Waals surface area contributed by atoms with Crippen molar-refractivity contribution >= 4 is 9.84 Å². The highest BCUT2D eigenvalue weighted by Gasteiger charge is 2.37. The number of rotatable bonds is 2. The minimum Gasteiger partial charge on any atom is -0.227 e. The summed E-state index contributed by atoms with van der Waals surface area (Å²) in [7, 11) is -3.56. The summed E-state index contributed by atoms with van der Waals surface area (Å²) < 4.78 is 33.9. The highest BCUT2D eigenvalue weighted by Crippen LogP contribution is 2.28. The van der Waals surface area contributed by atoms with Crippen LogP contribution in [0.4, 0.5) is 4.39 Å². The lowest BCUT2D eigenvalue weighted by Gasteiger charge is -2.19. The average molecular weight is 227 g/mol. The largest absolute Gasteiger partial charge is 0.227 e. The summed E-state index contributed by atoms with van der Waals surface area (Å²) in [4.78, 5) is 0. The van der Waals surface area contributed by atoms with Gasteiger partial charge >= 0.3 is 0 Å². The summed E-state index contributed by atoms with van der Waals surface area (Å²) >= 11 is 0. The van der Waals surface area contributed by atoms with Crippen molar-refractivity contribution in [1.82, 2.24) is 0 Å². The molecule has 5 heteroatoms. The van der Waals surface area contributed by atoms with Gasteiger partial charge in [0, 0.05) is 6.26 Å². The Morgan fingerprint density at radius 3 is 2.13 bits per heavy atom. The summed E-state index contributed by atoms with van der Waals surface area (Å²) in [6.45, 7) is 1.30. The molecule has 0 fully saturated rings. The molecule has 0 saturated carbocycles. The van der Waals surface area contributed by atoms with Gasteiger partial charge in [0.05, 0.1) is 6.07 Å². The molecule has 15 heavy (non-hydrogen) atoms. The quantitative estimate of drug-likeness (QED) is 0.771. The van der Waals surface area contributed by atoms with E-state index in [9.17, 15) is 12.8 Å². The minimum absolute atomic E-state index is 0.272. The lowest BCUT2D eigenvalue weighted by Crippen LogP contribution is -2.29. The fourth-order valence-electron chi connectivity index (χ4n) is 1.13. The first-order valence-electron chi connectivity index (χ1n) is 4.18. The monoisotopic (exact) mass is 227 g/mol. The molecule has 0 aromatic heterocycles. The van der Waals surface area contributed by atoms with Gasteiger partial charge in [-0.2, -0.15) is 5.26 Å². The highest BCUT2D eigenvalue weighted by molar-refractivity contribution is 7.91. The zero-order valence-electron chi connectivity index (χ0n) is 8.36. The van der Waals surface area contributed by atoms with Crippen LogP contribution >= 0.6 is 0 Å². The molecule has 0 heterocycles. The Balaban J connectivity index is 3.39. The van der Waals surface area contributed by atoms with Crippen LogP contribution in [0.15, 0.2) is 24.3 Å². The van der Waals surface area contributed by atoms with Gasteiger partial charge in [0.15, 0.2) is 14.6 Å². The van der Waals surface area contributed by atoms with Gasteiger partial charge in [-0.05, 0) is 24.6 Å². The van der Waals surface area contributed by atoms with E-state index < -0.39 is 20.4 Å². The second-order valence-electron chi connectivity index (χ2n) is 3.42. The fraction of sp³-hybridized carbons (Fsp3) is 0.300. The molecule has 0 amide bonds. The molecule has 1 aromatic rings. The summed E-state index contributed by atoms with van der Waals surface area (Å²) in [5.74, 6) is -0.465. The van der Waals surface area contributed by atoms with Gasteiger partial charge < -0.3 is 0 Å². The fourth-order valence-corrected chi connectivity index (χ4v) is 1.86. The molecule has 1 atom stereocenters. The molecule has 0 saturated heterocycles. The van der Waals surface area contributed by atoms with Crippen LogP contribution in [0.5, 0.6) is 0 Å². The van der Waals surface area contributed by atoms with E-state index in [1.54, 1.807) is 6.07 Å². The Morgan fingerprint density at radius 1 is 1.33 bits per heavy atom. The van der Waals surface area contributed by atoms with E-state index in [1.165, 1.54) is 19.1 Å².